The Bertz CT molecular complexity index is 579. The molecule has 2 N–H and O–H groups in total. The molecule has 3 unspecified atom stereocenters. The van der Waals surface area contributed by atoms with Crippen molar-refractivity contribution >= 4 is 5.96 Å². The van der Waals surface area contributed by atoms with Crippen LogP contribution in [0, 0.1) is 5.82 Å². The van der Waals surface area contributed by atoms with E-state index < -0.39 is 0 Å². The minimum absolute atomic E-state index is 0.290. The van der Waals surface area contributed by atoms with Gasteiger partial charge in [0.1, 0.15) is 0 Å². The number of guanidine groups is 1. The monoisotopic (exact) mass is 321 g/mol. The molecule has 0 radical (unpaired) electrons. The van der Waals surface area contributed by atoms with Gasteiger partial charge in [0, 0.05) is 13.6 Å². The van der Waals surface area contributed by atoms with Crippen molar-refractivity contribution < 1.29 is 13.9 Å². The summed E-state index contributed by atoms with van der Waals surface area (Å²) in [4.78, 5) is 4.24. The highest BCUT2D eigenvalue weighted by atomic mass is 19.1. The molecule has 0 aromatic heterocycles. The van der Waals surface area contributed by atoms with Gasteiger partial charge in [-0.05, 0) is 43.9 Å². The van der Waals surface area contributed by atoms with Crippen LogP contribution in [0.3, 0.4) is 0 Å². The van der Waals surface area contributed by atoms with Crippen LogP contribution in [-0.2, 0) is 11.3 Å². The van der Waals surface area contributed by atoms with Crippen LogP contribution in [-0.4, -0.2) is 37.9 Å². The molecule has 0 saturated carbocycles. The molecule has 6 heteroatoms. The molecule has 23 heavy (non-hydrogen) atoms. The number of hydrogen-bond acceptors (Lipinski definition) is 3. The third kappa shape index (κ3) is 3.75. The molecule has 2 saturated heterocycles. The molecule has 2 aliphatic rings. The fourth-order valence-corrected chi connectivity index (χ4v) is 3.27. The van der Waals surface area contributed by atoms with Gasteiger partial charge in [-0.1, -0.05) is 6.07 Å². The van der Waals surface area contributed by atoms with Crippen molar-refractivity contribution in [3.8, 4) is 5.75 Å². The van der Waals surface area contributed by atoms with E-state index in [1.807, 2.05) is 13.0 Å². The Hall–Kier alpha value is -1.82. The van der Waals surface area contributed by atoms with E-state index in [-0.39, 0.29) is 11.6 Å². The Kier molecular flexibility index (Phi) is 5.00. The Morgan fingerprint density at radius 3 is 2.91 bits per heavy atom. The van der Waals surface area contributed by atoms with Crippen LogP contribution in [0.25, 0.3) is 0 Å². The summed E-state index contributed by atoms with van der Waals surface area (Å²) < 4.78 is 24.9. The van der Waals surface area contributed by atoms with E-state index in [0.29, 0.717) is 31.4 Å². The normalized spacial score (nSPS) is 26.4. The van der Waals surface area contributed by atoms with E-state index in [1.165, 1.54) is 12.5 Å². The second kappa shape index (κ2) is 7.17. The van der Waals surface area contributed by atoms with Gasteiger partial charge < -0.3 is 20.1 Å². The summed E-state index contributed by atoms with van der Waals surface area (Å²) in [7, 11) is 1.74. The van der Waals surface area contributed by atoms with Crippen LogP contribution >= 0.6 is 0 Å². The zero-order valence-electron chi connectivity index (χ0n) is 13.6. The molecule has 2 heterocycles. The summed E-state index contributed by atoms with van der Waals surface area (Å²) in [5.41, 5.74) is 0.845. The highest BCUT2D eigenvalue weighted by Gasteiger charge is 2.41. The number of aliphatic imine (C=N–C) groups is 1. The first kappa shape index (κ1) is 16.1. The van der Waals surface area contributed by atoms with Crippen molar-refractivity contribution in [1.29, 1.82) is 0 Å². The minimum Gasteiger partial charge on any atom is -0.491 e. The Labute approximate surface area is 136 Å². The van der Waals surface area contributed by atoms with E-state index in [9.17, 15) is 4.39 Å². The van der Waals surface area contributed by atoms with Crippen molar-refractivity contribution in [2.75, 3.05) is 13.7 Å². The maximum atomic E-state index is 13.9. The molecule has 0 aliphatic carbocycles. The molecule has 0 spiro atoms. The maximum Gasteiger partial charge on any atom is 0.191 e. The van der Waals surface area contributed by atoms with Gasteiger partial charge in [-0.2, -0.15) is 0 Å². The molecule has 2 bridgehead atoms. The van der Waals surface area contributed by atoms with Gasteiger partial charge in [0.05, 0.1) is 24.9 Å². The highest BCUT2D eigenvalue weighted by molar-refractivity contribution is 5.80. The second-order valence-electron chi connectivity index (χ2n) is 5.98. The van der Waals surface area contributed by atoms with E-state index in [4.69, 9.17) is 9.47 Å². The first-order chi connectivity index (χ1) is 11.2. The SMILES string of the molecule is CCOc1ccc(CNC(=NC)NC2CC3CCC2O3)cc1F. The van der Waals surface area contributed by atoms with Crippen molar-refractivity contribution in [3.63, 3.8) is 0 Å². The van der Waals surface area contributed by atoms with Crippen molar-refractivity contribution in [3.05, 3.63) is 29.6 Å². The molecule has 0 amide bonds. The number of fused-ring (bicyclic) bond motifs is 2. The Morgan fingerprint density at radius 2 is 2.30 bits per heavy atom. The van der Waals surface area contributed by atoms with Crippen LogP contribution in [0.4, 0.5) is 4.39 Å². The first-order valence-corrected chi connectivity index (χ1v) is 8.23. The van der Waals surface area contributed by atoms with E-state index in [1.54, 1.807) is 13.1 Å². The lowest BCUT2D eigenvalue weighted by Crippen LogP contribution is -2.47. The fourth-order valence-electron chi connectivity index (χ4n) is 3.27. The molecule has 1 aromatic rings. The Morgan fingerprint density at radius 1 is 1.43 bits per heavy atom. The van der Waals surface area contributed by atoms with E-state index in [0.717, 1.165) is 24.4 Å². The van der Waals surface area contributed by atoms with Crippen molar-refractivity contribution in [1.82, 2.24) is 10.6 Å². The van der Waals surface area contributed by atoms with E-state index >= 15 is 0 Å². The number of ether oxygens (including phenoxy) is 2. The summed E-state index contributed by atoms with van der Waals surface area (Å²) in [6.45, 7) is 2.80. The zero-order chi connectivity index (χ0) is 16.2. The molecule has 1 aromatic carbocycles. The molecule has 3 atom stereocenters. The lowest BCUT2D eigenvalue weighted by atomic mass is 9.96. The van der Waals surface area contributed by atoms with Gasteiger partial charge in [0.2, 0.25) is 0 Å². The summed E-state index contributed by atoms with van der Waals surface area (Å²) in [5, 5.41) is 6.64. The fraction of sp³-hybridized carbons (Fsp3) is 0.588. The van der Waals surface area contributed by atoms with Gasteiger partial charge in [0.15, 0.2) is 17.5 Å². The summed E-state index contributed by atoms with van der Waals surface area (Å²) in [6, 6.07) is 5.33. The van der Waals surface area contributed by atoms with Gasteiger partial charge >= 0.3 is 0 Å². The molecule has 2 aliphatic heterocycles. The highest BCUT2D eigenvalue weighted by Crippen LogP contribution is 2.34. The van der Waals surface area contributed by atoms with Crippen LogP contribution in [0.15, 0.2) is 23.2 Å². The number of nitrogens with one attached hydrogen (secondary N) is 2. The van der Waals surface area contributed by atoms with Gasteiger partial charge in [-0.3, -0.25) is 4.99 Å². The predicted octanol–water partition coefficient (Wildman–Crippen LogP) is 2.21. The number of rotatable bonds is 5. The summed E-state index contributed by atoms with van der Waals surface area (Å²) >= 11 is 0. The van der Waals surface area contributed by atoms with Crippen LogP contribution in [0.1, 0.15) is 31.7 Å². The number of hydrogen-bond donors (Lipinski definition) is 2. The van der Waals surface area contributed by atoms with Crippen molar-refractivity contribution in [2.45, 2.75) is 51.0 Å². The third-order valence-corrected chi connectivity index (χ3v) is 4.41. The van der Waals surface area contributed by atoms with Gasteiger partial charge in [0.25, 0.3) is 0 Å². The number of nitrogens with zero attached hydrogens (tertiary/aromatic N) is 1. The van der Waals surface area contributed by atoms with Gasteiger partial charge in [-0.25, -0.2) is 4.39 Å². The average molecular weight is 321 g/mol. The molecular weight excluding hydrogens is 297 g/mol. The average Bonchev–Trinajstić information content (AvgIpc) is 3.16. The van der Waals surface area contributed by atoms with E-state index in [2.05, 4.69) is 15.6 Å². The standard InChI is InChI=1S/C17H24FN3O2/c1-3-22-15-6-4-11(8-13(15)18)10-20-17(19-2)21-14-9-12-5-7-16(14)23-12/h4,6,8,12,14,16H,3,5,7,9-10H2,1-2H3,(H2,19,20,21). The smallest absolute Gasteiger partial charge is 0.191 e. The largest absolute Gasteiger partial charge is 0.491 e. The Balaban J connectivity index is 1.53. The lowest BCUT2D eigenvalue weighted by molar-refractivity contribution is 0.0992. The maximum absolute atomic E-state index is 13.9. The molecule has 126 valence electrons. The summed E-state index contributed by atoms with van der Waals surface area (Å²) in [6.07, 6.45) is 4.00. The molecule has 5 nitrogen and oxygen atoms in total. The first-order valence-electron chi connectivity index (χ1n) is 8.23. The third-order valence-electron chi connectivity index (χ3n) is 4.41. The van der Waals surface area contributed by atoms with Gasteiger partial charge in [-0.15, -0.1) is 0 Å². The summed E-state index contributed by atoms with van der Waals surface area (Å²) in [5.74, 6) is 0.675. The number of halogens is 1. The topological polar surface area (TPSA) is 54.9 Å². The quantitative estimate of drug-likeness (QED) is 0.645. The zero-order valence-corrected chi connectivity index (χ0v) is 13.6. The van der Waals surface area contributed by atoms with Crippen molar-refractivity contribution in [2.24, 2.45) is 4.99 Å². The number of benzene rings is 1. The molecular formula is C17H24FN3O2. The minimum atomic E-state index is -0.337. The molecule has 3 rings (SSSR count). The van der Waals surface area contributed by atoms with Crippen LogP contribution in [0.5, 0.6) is 5.75 Å². The predicted molar refractivity (Wildman–Crippen MR) is 87.2 cm³/mol. The molecule has 2 fully saturated rings. The van der Waals surface area contributed by atoms with Crippen LogP contribution < -0.4 is 15.4 Å². The lowest BCUT2D eigenvalue weighted by Gasteiger charge is -2.22. The second-order valence-corrected chi connectivity index (χ2v) is 5.98. The van der Waals surface area contributed by atoms with Crippen LogP contribution in [0.2, 0.25) is 0 Å².